The van der Waals surface area contributed by atoms with Crippen LogP contribution in [0.15, 0.2) is 42.5 Å². The average molecular weight is 505 g/mol. The zero-order chi connectivity index (χ0) is 24.3. The van der Waals surface area contributed by atoms with Crippen molar-refractivity contribution >= 4 is 35.2 Å². The second-order valence-corrected chi connectivity index (χ2v) is 10.2. The van der Waals surface area contributed by atoms with Crippen molar-refractivity contribution in [3.8, 4) is 11.1 Å². The maximum absolute atomic E-state index is 13.9. The minimum Gasteiger partial charge on any atom is -0.465 e. The van der Waals surface area contributed by atoms with Crippen molar-refractivity contribution in [1.82, 2.24) is 10.2 Å². The number of carbonyl (C=O) groups excluding carboxylic acids is 1. The Kier molecular flexibility index (Phi) is 7.70. The minimum absolute atomic E-state index is 0.0931. The fourth-order valence-corrected chi connectivity index (χ4v) is 5.61. The normalized spacial score (nSPS) is 19.4. The van der Waals surface area contributed by atoms with E-state index >= 15 is 0 Å². The third-order valence-electron chi connectivity index (χ3n) is 7.11. The molecule has 1 atom stereocenters. The van der Waals surface area contributed by atoms with Crippen molar-refractivity contribution in [3.63, 3.8) is 0 Å². The first kappa shape index (κ1) is 24.8. The van der Waals surface area contributed by atoms with E-state index in [2.05, 4.69) is 5.32 Å². The van der Waals surface area contributed by atoms with Gasteiger partial charge in [0.2, 0.25) is 5.91 Å². The van der Waals surface area contributed by atoms with E-state index in [-0.39, 0.29) is 11.9 Å². The summed E-state index contributed by atoms with van der Waals surface area (Å²) in [6.07, 6.45) is 4.07. The van der Waals surface area contributed by atoms with E-state index in [1.807, 2.05) is 30.3 Å². The number of carbonyl (C=O) groups is 2. The van der Waals surface area contributed by atoms with Crippen LogP contribution in [-0.4, -0.2) is 51.8 Å². The molecule has 182 valence electrons. The molecule has 1 unspecified atom stereocenters. The molecule has 1 aliphatic heterocycles. The molecule has 0 spiro atoms. The molecule has 4 rings (SSSR count). The molecule has 1 saturated heterocycles. The van der Waals surface area contributed by atoms with Gasteiger partial charge in [-0.25, -0.2) is 4.79 Å². The predicted molar refractivity (Wildman–Crippen MR) is 133 cm³/mol. The van der Waals surface area contributed by atoms with Gasteiger partial charge in [0.1, 0.15) is 0 Å². The minimum atomic E-state index is -1.11. The molecule has 0 bridgehead atoms. The van der Waals surface area contributed by atoms with Crippen LogP contribution in [0, 0.1) is 0 Å². The van der Waals surface area contributed by atoms with E-state index in [0.717, 1.165) is 36.0 Å². The molecule has 1 aliphatic carbocycles. The molecule has 0 aromatic heterocycles. The van der Waals surface area contributed by atoms with E-state index in [1.54, 1.807) is 17.0 Å². The van der Waals surface area contributed by atoms with Crippen molar-refractivity contribution in [2.24, 2.45) is 0 Å². The molecule has 34 heavy (non-hydrogen) atoms. The van der Waals surface area contributed by atoms with Crippen LogP contribution in [0.25, 0.3) is 11.1 Å². The number of rotatable bonds is 5. The Hall–Kier alpha value is -2.28. The number of nitrogens with one attached hydrogen (secondary N) is 1. The number of piperidine rings is 1. The summed E-state index contributed by atoms with van der Waals surface area (Å²) in [6.45, 7) is 0.922. The van der Waals surface area contributed by atoms with E-state index in [0.29, 0.717) is 48.8 Å². The number of hydrogen-bond acceptors (Lipinski definition) is 3. The number of nitrogens with zero attached hydrogens (tertiary/aromatic N) is 1. The molecule has 6 nitrogen and oxygen atoms in total. The van der Waals surface area contributed by atoms with Gasteiger partial charge in [0, 0.05) is 19.1 Å². The summed E-state index contributed by atoms with van der Waals surface area (Å²) in [5.41, 5.74) is 1.46. The summed E-state index contributed by atoms with van der Waals surface area (Å²) >= 11 is 12.3. The van der Waals surface area contributed by atoms with Crippen molar-refractivity contribution in [1.29, 1.82) is 0 Å². The molecule has 0 radical (unpaired) electrons. The van der Waals surface area contributed by atoms with Crippen LogP contribution in [0.2, 0.25) is 10.0 Å². The van der Waals surface area contributed by atoms with Gasteiger partial charge in [0.05, 0.1) is 21.6 Å². The van der Waals surface area contributed by atoms with Crippen LogP contribution in [0.4, 0.5) is 4.79 Å². The van der Waals surface area contributed by atoms with Crippen LogP contribution in [0.1, 0.15) is 56.4 Å². The summed E-state index contributed by atoms with van der Waals surface area (Å²) in [6, 6.07) is 13.0. The Bertz CT molecular complexity index is 1050. The zero-order valence-corrected chi connectivity index (χ0v) is 20.5. The molecule has 2 amide bonds. The van der Waals surface area contributed by atoms with Crippen LogP contribution in [0.5, 0.6) is 0 Å². The highest BCUT2D eigenvalue weighted by Crippen LogP contribution is 2.42. The van der Waals surface area contributed by atoms with Gasteiger partial charge in [-0.15, -0.1) is 0 Å². The lowest BCUT2D eigenvalue weighted by Crippen LogP contribution is -2.52. The van der Waals surface area contributed by atoms with Gasteiger partial charge in [0.15, 0.2) is 0 Å². The van der Waals surface area contributed by atoms with Crippen LogP contribution < -0.4 is 5.32 Å². The zero-order valence-electron chi connectivity index (χ0n) is 19.0. The number of likely N-dealkylation sites (tertiary alicyclic amines) is 1. The monoisotopic (exact) mass is 504 g/mol. The van der Waals surface area contributed by atoms with Crippen LogP contribution in [-0.2, 0) is 4.79 Å². The van der Waals surface area contributed by atoms with Gasteiger partial charge in [0.25, 0.3) is 0 Å². The fourth-order valence-electron chi connectivity index (χ4n) is 5.31. The summed E-state index contributed by atoms with van der Waals surface area (Å²) < 4.78 is 0. The number of amides is 2. The Morgan fingerprint density at radius 1 is 0.971 bits per heavy atom. The predicted octanol–water partition coefficient (Wildman–Crippen LogP) is 5.70. The Labute approximate surface area is 209 Å². The van der Waals surface area contributed by atoms with Crippen LogP contribution >= 0.6 is 23.2 Å². The molecule has 1 heterocycles. The van der Waals surface area contributed by atoms with Crippen molar-refractivity contribution in [3.05, 3.63) is 58.1 Å². The van der Waals surface area contributed by atoms with Gasteiger partial charge in [-0.2, -0.15) is 0 Å². The first-order valence-electron chi connectivity index (χ1n) is 11.8. The third-order valence-corrected chi connectivity index (χ3v) is 7.85. The molecule has 1 saturated carbocycles. The molecule has 2 fully saturated rings. The third kappa shape index (κ3) is 5.51. The van der Waals surface area contributed by atoms with Gasteiger partial charge in [-0.1, -0.05) is 72.8 Å². The SMILES string of the molecule is O=C(O)NC1CCN(C(=O)C(c2cccc(-c3ccc(Cl)c(Cl)c3)c2)C2(O)CCCCC2)CC1. The number of carboxylic acid groups (broad SMARTS) is 1. The standard InChI is InChI=1S/C26H30Cl2N2O4/c27-21-8-7-18(16-22(21)28)17-5-4-6-19(15-17)23(26(34)11-2-1-3-12-26)24(31)30-13-9-20(10-14-30)29-25(32)33/h4-8,15-16,20,23,29,34H,1-3,9-14H2,(H,32,33). The topological polar surface area (TPSA) is 89.9 Å². The number of aliphatic hydroxyl groups is 1. The number of hydrogen-bond donors (Lipinski definition) is 3. The highest BCUT2D eigenvalue weighted by molar-refractivity contribution is 6.42. The van der Waals surface area contributed by atoms with Crippen molar-refractivity contribution < 1.29 is 19.8 Å². The van der Waals surface area contributed by atoms with Crippen LogP contribution in [0.3, 0.4) is 0 Å². The lowest BCUT2D eigenvalue weighted by atomic mass is 9.71. The highest BCUT2D eigenvalue weighted by atomic mass is 35.5. The summed E-state index contributed by atoms with van der Waals surface area (Å²) in [5, 5.41) is 24.2. The quantitative estimate of drug-likeness (QED) is 0.487. The van der Waals surface area contributed by atoms with E-state index in [9.17, 15) is 14.7 Å². The molecular weight excluding hydrogens is 475 g/mol. The molecular formula is C26H30Cl2N2O4. The summed E-state index contributed by atoms with van der Waals surface area (Å²) in [5.74, 6) is -0.774. The van der Waals surface area contributed by atoms with Gasteiger partial charge < -0.3 is 20.4 Å². The molecule has 2 aromatic rings. The first-order chi connectivity index (χ1) is 16.3. The average Bonchev–Trinajstić information content (AvgIpc) is 2.81. The van der Waals surface area contributed by atoms with Gasteiger partial charge in [-0.05, 0) is 54.5 Å². The Balaban J connectivity index is 1.64. The lowest BCUT2D eigenvalue weighted by Gasteiger charge is -2.42. The lowest BCUT2D eigenvalue weighted by molar-refractivity contribution is -0.142. The maximum atomic E-state index is 13.9. The molecule has 2 aliphatic rings. The molecule has 2 aromatic carbocycles. The number of halogens is 2. The van der Waals surface area contributed by atoms with Crippen molar-refractivity contribution in [2.45, 2.75) is 62.5 Å². The largest absolute Gasteiger partial charge is 0.465 e. The van der Waals surface area contributed by atoms with E-state index in [4.69, 9.17) is 28.3 Å². The van der Waals surface area contributed by atoms with E-state index in [1.165, 1.54) is 0 Å². The second-order valence-electron chi connectivity index (χ2n) is 9.40. The molecule has 3 N–H and O–H groups in total. The summed E-state index contributed by atoms with van der Waals surface area (Å²) in [4.78, 5) is 26.6. The Morgan fingerprint density at radius 3 is 2.29 bits per heavy atom. The maximum Gasteiger partial charge on any atom is 0.404 e. The van der Waals surface area contributed by atoms with Gasteiger partial charge >= 0.3 is 6.09 Å². The molecule has 8 heteroatoms. The Morgan fingerprint density at radius 2 is 1.65 bits per heavy atom. The second kappa shape index (κ2) is 10.5. The number of benzene rings is 2. The van der Waals surface area contributed by atoms with E-state index < -0.39 is 17.6 Å². The summed E-state index contributed by atoms with van der Waals surface area (Å²) in [7, 11) is 0. The first-order valence-corrected chi connectivity index (χ1v) is 12.6. The van der Waals surface area contributed by atoms with Crippen molar-refractivity contribution in [2.75, 3.05) is 13.1 Å². The smallest absolute Gasteiger partial charge is 0.404 e. The van der Waals surface area contributed by atoms with Gasteiger partial charge in [-0.3, -0.25) is 4.79 Å². The highest BCUT2D eigenvalue weighted by Gasteiger charge is 2.45. The fraction of sp³-hybridized carbons (Fsp3) is 0.462.